The summed E-state index contributed by atoms with van der Waals surface area (Å²) in [4.78, 5) is 15.0. The predicted molar refractivity (Wildman–Crippen MR) is 63.2 cm³/mol. The van der Waals surface area contributed by atoms with Gasteiger partial charge in [0.1, 0.15) is 11.6 Å². The Morgan fingerprint density at radius 3 is 2.63 bits per heavy atom. The number of aromatic nitrogens is 1. The molecule has 0 fully saturated rings. The van der Waals surface area contributed by atoms with Crippen molar-refractivity contribution in [3.63, 3.8) is 0 Å². The number of amides is 1. The number of carbonyl (C=O) groups excluding carboxylic acids is 1. The largest absolute Gasteiger partial charge is 0.319 e. The quantitative estimate of drug-likeness (QED) is 0.849. The zero-order valence-corrected chi connectivity index (χ0v) is 9.88. The highest BCUT2D eigenvalue weighted by Crippen LogP contribution is 2.19. The third-order valence-electron chi connectivity index (χ3n) is 2.50. The second-order valence-corrected chi connectivity index (χ2v) is 3.88. The minimum atomic E-state index is -0.979. The van der Waals surface area contributed by atoms with E-state index in [1.165, 1.54) is 25.3 Å². The first kappa shape index (κ1) is 13.1. The van der Waals surface area contributed by atoms with Crippen molar-refractivity contribution in [2.75, 3.05) is 5.32 Å². The average Bonchev–Trinajstić information content (AvgIpc) is 2.36. The number of rotatable bonds is 2. The van der Waals surface area contributed by atoms with Crippen LogP contribution in [0.25, 0.3) is 0 Å². The van der Waals surface area contributed by atoms with Crippen molar-refractivity contribution in [1.82, 2.24) is 4.98 Å². The van der Waals surface area contributed by atoms with Crippen LogP contribution in [0.4, 0.5) is 18.9 Å². The molecule has 2 aromatic rings. The Morgan fingerprint density at radius 2 is 1.95 bits per heavy atom. The number of benzene rings is 1. The number of carbonyl (C=O) groups is 1. The van der Waals surface area contributed by atoms with Crippen LogP contribution in [0.5, 0.6) is 0 Å². The molecule has 0 saturated carbocycles. The zero-order valence-electron chi connectivity index (χ0n) is 9.88. The molecule has 0 saturated heterocycles. The Hall–Kier alpha value is -2.37. The van der Waals surface area contributed by atoms with Crippen molar-refractivity contribution in [3.8, 4) is 0 Å². The fourth-order valence-corrected chi connectivity index (χ4v) is 1.49. The zero-order chi connectivity index (χ0) is 14.0. The van der Waals surface area contributed by atoms with E-state index in [0.29, 0.717) is 0 Å². The summed E-state index contributed by atoms with van der Waals surface area (Å²) >= 11 is 0. The van der Waals surface area contributed by atoms with E-state index in [1.54, 1.807) is 0 Å². The summed E-state index contributed by atoms with van der Waals surface area (Å²) in [5, 5.41) is 2.10. The summed E-state index contributed by atoms with van der Waals surface area (Å²) in [6.07, 6.45) is 1.18. The number of hydrogen-bond acceptors (Lipinski definition) is 2. The lowest BCUT2D eigenvalue weighted by Crippen LogP contribution is -2.15. The van der Waals surface area contributed by atoms with Gasteiger partial charge in [0.2, 0.25) is 5.95 Å². The average molecular weight is 266 g/mol. The molecule has 98 valence electrons. The Labute approximate surface area is 107 Å². The van der Waals surface area contributed by atoms with Crippen molar-refractivity contribution in [3.05, 3.63) is 59.2 Å². The molecule has 0 radical (unpaired) electrons. The molecule has 0 unspecified atom stereocenters. The van der Waals surface area contributed by atoms with E-state index in [9.17, 15) is 18.0 Å². The van der Waals surface area contributed by atoms with Crippen LogP contribution in [-0.4, -0.2) is 10.9 Å². The van der Waals surface area contributed by atoms with Crippen molar-refractivity contribution >= 4 is 11.6 Å². The van der Waals surface area contributed by atoms with Gasteiger partial charge in [0, 0.05) is 12.3 Å². The lowest BCUT2D eigenvalue weighted by molar-refractivity contribution is 0.102. The van der Waals surface area contributed by atoms with Crippen molar-refractivity contribution in [1.29, 1.82) is 0 Å². The van der Waals surface area contributed by atoms with E-state index in [0.717, 1.165) is 12.1 Å². The van der Waals surface area contributed by atoms with Crippen LogP contribution in [-0.2, 0) is 0 Å². The monoisotopic (exact) mass is 266 g/mol. The van der Waals surface area contributed by atoms with Gasteiger partial charge in [-0.1, -0.05) is 0 Å². The van der Waals surface area contributed by atoms with Crippen LogP contribution in [0.3, 0.4) is 0 Å². The van der Waals surface area contributed by atoms with Gasteiger partial charge in [-0.3, -0.25) is 4.79 Å². The molecule has 2 rings (SSSR count). The summed E-state index contributed by atoms with van der Waals surface area (Å²) in [6, 6.07) is 4.35. The van der Waals surface area contributed by atoms with E-state index in [-0.39, 0.29) is 16.8 Å². The normalized spacial score (nSPS) is 10.3. The maximum Gasteiger partial charge on any atom is 0.260 e. The maximum atomic E-state index is 13.5. The molecule has 1 aromatic heterocycles. The fourth-order valence-electron chi connectivity index (χ4n) is 1.49. The van der Waals surface area contributed by atoms with Crippen molar-refractivity contribution in [2.45, 2.75) is 6.92 Å². The van der Waals surface area contributed by atoms with Gasteiger partial charge in [-0.25, -0.2) is 13.8 Å². The van der Waals surface area contributed by atoms with Crippen LogP contribution < -0.4 is 5.32 Å². The standard InChI is InChI=1S/C13H9F3N2O/c1-7-5-10(15)11(6-9(7)14)18-13(19)8-3-2-4-17-12(8)16/h2-6H,1H3,(H,18,19). The highest BCUT2D eigenvalue weighted by atomic mass is 19.1. The van der Waals surface area contributed by atoms with Gasteiger partial charge in [0.25, 0.3) is 5.91 Å². The second-order valence-electron chi connectivity index (χ2n) is 3.88. The number of aryl methyl sites for hydroxylation is 1. The van der Waals surface area contributed by atoms with Crippen LogP contribution in [0.2, 0.25) is 0 Å². The van der Waals surface area contributed by atoms with Gasteiger partial charge in [-0.05, 0) is 30.7 Å². The highest BCUT2D eigenvalue weighted by Gasteiger charge is 2.15. The lowest BCUT2D eigenvalue weighted by atomic mass is 10.2. The van der Waals surface area contributed by atoms with Crippen LogP contribution >= 0.6 is 0 Å². The third kappa shape index (κ3) is 2.73. The van der Waals surface area contributed by atoms with Gasteiger partial charge in [-0.15, -0.1) is 0 Å². The number of pyridine rings is 1. The molecular formula is C13H9F3N2O. The second kappa shape index (κ2) is 5.09. The molecule has 1 heterocycles. The fraction of sp³-hybridized carbons (Fsp3) is 0.0769. The van der Waals surface area contributed by atoms with Crippen LogP contribution in [0.1, 0.15) is 15.9 Å². The molecule has 0 aliphatic carbocycles. The molecule has 0 spiro atoms. The summed E-state index contributed by atoms with van der Waals surface area (Å²) in [5.74, 6) is -3.33. The molecule has 1 aromatic carbocycles. The van der Waals surface area contributed by atoms with Crippen LogP contribution in [0.15, 0.2) is 30.5 Å². The Balaban J connectivity index is 2.30. The smallest absolute Gasteiger partial charge is 0.260 e. The minimum Gasteiger partial charge on any atom is -0.319 e. The molecule has 0 bridgehead atoms. The lowest BCUT2D eigenvalue weighted by Gasteiger charge is -2.08. The van der Waals surface area contributed by atoms with E-state index < -0.39 is 23.5 Å². The number of nitrogens with one attached hydrogen (secondary N) is 1. The first-order valence-electron chi connectivity index (χ1n) is 5.36. The number of anilines is 1. The summed E-state index contributed by atoms with van der Waals surface area (Å²) in [6.45, 7) is 1.39. The molecule has 6 heteroatoms. The minimum absolute atomic E-state index is 0.114. The van der Waals surface area contributed by atoms with Gasteiger partial charge in [0.05, 0.1) is 11.3 Å². The van der Waals surface area contributed by atoms with E-state index >= 15 is 0 Å². The van der Waals surface area contributed by atoms with E-state index in [1.807, 2.05) is 0 Å². The number of halogens is 3. The molecular weight excluding hydrogens is 257 g/mol. The van der Waals surface area contributed by atoms with Gasteiger partial charge in [-0.2, -0.15) is 4.39 Å². The molecule has 0 aliphatic rings. The highest BCUT2D eigenvalue weighted by molar-refractivity contribution is 6.04. The van der Waals surface area contributed by atoms with Crippen molar-refractivity contribution in [2.24, 2.45) is 0 Å². The summed E-state index contributed by atoms with van der Waals surface area (Å²) < 4.78 is 40.1. The first-order chi connectivity index (χ1) is 8.99. The summed E-state index contributed by atoms with van der Waals surface area (Å²) in [7, 11) is 0. The number of hydrogen-bond donors (Lipinski definition) is 1. The van der Waals surface area contributed by atoms with Crippen LogP contribution in [0, 0.1) is 24.5 Å². The SMILES string of the molecule is Cc1cc(F)c(NC(=O)c2cccnc2F)cc1F. The van der Waals surface area contributed by atoms with Gasteiger partial charge >= 0.3 is 0 Å². The Bertz CT molecular complexity index is 644. The predicted octanol–water partition coefficient (Wildman–Crippen LogP) is 3.06. The molecule has 0 aliphatic heterocycles. The topological polar surface area (TPSA) is 42.0 Å². The molecule has 1 N–H and O–H groups in total. The molecule has 1 amide bonds. The Kier molecular flexibility index (Phi) is 3.50. The first-order valence-corrected chi connectivity index (χ1v) is 5.36. The maximum absolute atomic E-state index is 13.5. The Morgan fingerprint density at radius 1 is 1.21 bits per heavy atom. The van der Waals surface area contributed by atoms with E-state index in [2.05, 4.69) is 10.3 Å². The van der Waals surface area contributed by atoms with Gasteiger partial charge in [0.15, 0.2) is 0 Å². The molecule has 3 nitrogen and oxygen atoms in total. The van der Waals surface area contributed by atoms with Crippen molar-refractivity contribution < 1.29 is 18.0 Å². The molecule has 0 atom stereocenters. The number of nitrogens with zero attached hydrogens (tertiary/aromatic N) is 1. The van der Waals surface area contributed by atoms with E-state index in [4.69, 9.17) is 0 Å². The molecule has 19 heavy (non-hydrogen) atoms. The van der Waals surface area contributed by atoms with Gasteiger partial charge < -0.3 is 5.32 Å². The third-order valence-corrected chi connectivity index (χ3v) is 2.50. The summed E-state index contributed by atoms with van der Waals surface area (Å²) in [5.41, 5.74) is -0.581.